The van der Waals surface area contributed by atoms with Gasteiger partial charge in [-0.15, -0.1) is 10.2 Å². The van der Waals surface area contributed by atoms with Gasteiger partial charge in [-0.1, -0.05) is 80.4 Å². The number of H-pyrrole nitrogens is 1. The summed E-state index contributed by atoms with van der Waals surface area (Å²) >= 11 is 0. The number of hydrogen-bond donors (Lipinski definition) is 1. The highest BCUT2D eigenvalue weighted by Crippen LogP contribution is 2.28. The Balaban J connectivity index is 1.37. The van der Waals surface area contributed by atoms with Crippen LogP contribution in [0.2, 0.25) is 0 Å². The Morgan fingerprint density at radius 2 is 1.73 bits per heavy atom. The molecule has 0 radical (unpaired) electrons. The van der Waals surface area contributed by atoms with Crippen LogP contribution in [0.1, 0.15) is 53.8 Å². The van der Waals surface area contributed by atoms with Crippen molar-refractivity contribution in [3.8, 4) is 22.6 Å². The third kappa shape index (κ3) is 5.83. The summed E-state index contributed by atoms with van der Waals surface area (Å²) in [6.45, 7) is 2.66. The van der Waals surface area contributed by atoms with Crippen molar-refractivity contribution in [3.63, 3.8) is 0 Å². The number of nitrogens with zero attached hydrogens (tertiary/aromatic N) is 7. The highest BCUT2D eigenvalue weighted by atomic mass is 16.1. The van der Waals surface area contributed by atoms with Gasteiger partial charge in [0.05, 0.1) is 12.2 Å². The fourth-order valence-electron chi connectivity index (χ4n) is 4.23. The molecule has 5 aromatic rings. The number of unbranched alkanes of at least 4 members (excludes halogenated alkanes) is 2. The summed E-state index contributed by atoms with van der Waals surface area (Å²) in [5, 5.41) is 18.8. The van der Waals surface area contributed by atoms with Gasteiger partial charge in [-0.2, -0.15) is 0 Å². The van der Waals surface area contributed by atoms with Crippen LogP contribution in [-0.4, -0.2) is 46.2 Å². The Morgan fingerprint density at radius 1 is 0.919 bits per heavy atom. The molecule has 9 nitrogen and oxygen atoms in total. The Kier molecular flexibility index (Phi) is 7.50. The second-order valence-corrected chi connectivity index (χ2v) is 8.90. The number of tetrazole rings is 1. The SMILES string of the molecule is CCCCCc1nc(C(=O)Cc2ccccc2)nn1Cc1ccc(-c2ccccc2-c2nnn[nH]2)nc1. The summed E-state index contributed by atoms with van der Waals surface area (Å²) in [6, 6.07) is 21.6. The van der Waals surface area contributed by atoms with Crippen molar-refractivity contribution in [2.75, 3.05) is 0 Å². The van der Waals surface area contributed by atoms with Crippen molar-refractivity contribution >= 4 is 5.78 Å². The number of ketones is 1. The van der Waals surface area contributed by atoms with Crippen molar-refractivity contribution in [1.29, 1.82) is 0 Å². The van der Waals surface area contributed by atoms with E-state index in [1.54, 1.807) is 0 Å². The molecule has 37 heavy (non-hydrogen) atoms. The largest absolute Gasteiger partial charge is 0.290 e. The molecule has 0 spiro atoms. The molecule has 0 fully saturated rings. The Morgan fingerprint density at radius 3 is 2.46 bits per heavy atom. The molecule has 0 saturated carbocycles. The van der Waals surface area contributed by atoms with Gasteiger partial charge in [0.25, 0.3) is 0 Å². The molecular weight excluding hydrogens is 464 g/mol. The van der Waals surface area contributed by atoms with Crippen LogP contribution in [0.4, 0.5) is 0 Å². The number of pyridine rings is 1. The van der Waals surface area contributed by atoms with Crippen molar-refractivity contribution in [2.45, 2.75) is 45.6 Å². The molecule has 1 N–H and O–H groups in total. The van der Waals surface area contributed by atoms with Crippen LogP contribution in [0.15, 0.2) is 72.9 Å². The van der Waals surface area contributed by atoms with Crippen LogP contribution < -0.4 is 0 Å². The van der Waals surface area contributed by atoms with Gasteiger partial charge in [-0.3, -0.25) is 9.78 Å². The maximum Gasteiger partial charge on any atom is 0.217 e. The molecule has 0 amide bonds. The summed E-state index contributed by atoms with van der Waals surface area (Å²) < 4.78 is 1.85. The first-order chi connectivity index (χ1) is 18.2. The van der Waals surface area contributed by atoms with Gasteiger partial charge in [0.15, 0.2) is 5.82 Å². The zero-order valence-electron chi connectivity index (χ0n) is 20.7. The molecule has 0 saturated heterocycles. The van der Waals surface area contributed by atoms with E-state index in [1.165, 1.54) is 0 Å². The van der Waals surface area contributed by atoms with E-state index >= 15 is 0 Å². The van der Waals surface area contributed by atoms with Gasteiger partial charge in [0.2, 0.25) is 11.6 Å². The average molecular weight is 493 g/mol. The number of carbonyl (C=O) groups is 1. The van der Waals surface area contributed by atoms with Gasteiger partial charge in [0, 0.05) is 30.2 Å². The van der Waals surface area contributed by atoms with E-state index in [-0.39, 0.29) is 18.0 Å². The second-order valence-electron chi connectivity index (χ2n) is 8.90. The normalized spacial score (nSPS) is 11.1. The van der Waals surface area contributed by atoms with Crippen LogP contribution in [0.5, 0.6) is 0 Å². The molecule has 0 atom stereocenters. The second kappa shape index (κ2) is 11.5. The maximum absolute atomic E-state index is 12.9. The minimum Gasteiger partial charge on any atom is -0.290 e. The highest BCUT2D eigenvalue weighted by Gasteiger charge is 2.17. The van der Waals surface area contributed by atoms with Gasteiger partial charge in [-0.25, -0.2) is 14.8 Å². The van der Waals surface area contributed by atoms with Gasteiger partial charge < -0.3 is 0 Å². The molecule has 186 valence electrons. The number of Topliss-reactive ketones (excluding diaryl/α,β-unsaturated/α-hetero) is 1. The summed E-state index contributed by atoms with van der Waals surface area (Å²) in [5.41, 5.74) is 4.56. The number of rotatable bonds is 11. The summed E-state index contributed by atoms with van der Waals surface area (Å²) in [7, 11) is 0. The third-order valence-electron chi connectivity index (χ3n) is 6.17. The lowest BCUT2D eigenvalue weighted by atomic mass is 10.0. The van der Waals surface area contributed by atoms with E-state index in [2.05, 4.69) is 37.6 Å². The van der Waals surface area contributed by atoms with Crippen LogP contribution in [-0.2, 0) is 19.4 Å². The molecule has 9 heteroatoms. The lowest BCUT2D eigenvalue weighted by molar-refractivity contribution is 0.0982. The number of aryl methyl sites for hydroxylation is 1. The molecule has 0 unspecified atom stereocenters. The number of hydrogen-bond acceptors (Lipinski definition) is 7. The predicted molar refractivity (Wildman–Crippen MR) is 140 cm³/mol. The monoisotopic (exact) mass is 492 g/mol. The van der Waals surface area contributed by atoms with Crippen molar-refractivity contribution in [2.24, 2.45) is 0 Å². The van der Waals surface area contributed by atoms with Crippen LogP contribution in [0, 0.1) is 0 Å². The zero-order chi connectivity index (χ0) is 25.5. The lowest BCUT2D eigenvalue weighted by Crippen LogP contribution is -2.09. The third-order valence-corrected chi connectivity index (χ3v) is 6.17. The summed E-state index contributed by atoms with van der Waals surface area (Å²) in [5.74, 6) is 1.62. The molecule has 0 bridgehead atoms. The first-order valence-corrected chi connectivity index (χ1v) is 12.5. The predicted octanol–water partition coefficient (Wildman–Crippen LogP) is 4.73. The quantitative estimate of drug-likeness (QED) is 0.209. The van der Waals surface area contributed by atoms with E-state index < -0.39 is 0 Å². The van der Waals surface area contributed by atoms with E-state index in [0.717, 1.165) is 59.5 Å². The van der Waals surface area contributed by atoms with Gasteiger partial charge in [0.1, 0.15) is 5.82 Å². The number of carbonyl (C=O) groups excluding carboxylic acids is 1. The number of benzene rings is 2. The minimum absolute atomic E-state index is 0.0753. The zero-order valence-corrected chi connectivity index (χ0v) is 20.7. The Bertz CT molecular complexity index is 1440. The summed E-state index contributed by atoms with van der Waals surface area (Å²) in [6.07, 6.45) is 6.14. The standard InChI is InChI=1S/C28H28N8O/c1-2-3-5-14-26-30-28(25(37)17-20-10-6-4-7-11-20)33-36(26)19-21-15-16-24(29-18-21)22-12-8-9-13-23(22)27-31-34-35-32-27/h4,6-13,15-16,18H,2-3,5,14,17,19H2,1H3,(H,31,32,34,35). The molecule has 2 aromatic carbocycles. The number of aromatic nitrogens is 8. The molecule has 0 aliphatic heterocycles. The Labute approximate surface area is 215 Å². The summed E-state index contributed by atoms with van der Waals surface area (Å²) in [4.78, 5) is 22.3. The average Bonchev–Trinajstić information content (AvgIpc) is 3.61. The van der Waals surface area contributed by atoms with Crippen molar-refractivity contribution in [1.82, 2.24) is 40.4 Å². The maximum atomic E-state index is 12.9. The molecule has 3 aromatic heterocycles. The van der Waals surface area contributed by atoms with Crippen LogP contribution in [0.3, 0.4) is 0 Å². The van der Waals surface area contributed by atoms with E-state index in [4.69, 9.17) is 4.98 Å². The van der Waals surface area contributed by atoms with Gasteiger partial charge >= 0.3 is 0 Å². The number of nitrogens with one attached hydrogen (secondary N) is 1. The van der Waals surface area contributed by atoms with Crippen molar-refractivity contribution in [3.05, 3.63) is 95.7 Å². The fraction of sp³-hybridized carbons (Fsp3) is 0.250. The molecule has 0 aliphatic rings. The molecule has 0 aliphatic carbocycles. The minimum atomic E-state index is -0.0753. The number of aromatic amines is 1. The first-order valence-electron chi connectivity index (χ1n) is 12.5. The van der Waals surface area contributed by atoms with E-state index in [9.17, 15) is 4.79 Å². The van der Waals surface area contributed by atoms with Crippen LogP contribution >= 0.6 is 0 Å². The van der Waals surface area contributed by atoms with E-state index in [0.29, 0.717) is 12.4 Å². The Hall–Kier alpha value is -4.53. The lowest BCUT2D eigenvalue weighted by Gasteiger charge is -2.09. The molecule has 3 heterocycles. The van der Waals surface area contributed by atoms with Crippen LogP contribution in [0.25, 0.3) is 22.6 Å². The smallest absolute Gasteiger partial charge is 0.217 e. The topological polar surface area (TPSA) is 115 Å². The van der Waals surface area contributed by atoms with Crippen molar-refractivity contribution < 1.29 is 4.79 Å². The molecule has 5 rings (SSSR count). The highest BCUT2D eigenvalue weighted by molar-refractivity contribution is 5.94. The fourth-order valence-corrected chi connectivity index (χ4v) is 4.23. The van der Waals surface area contributed by atoms with Gasteiger partial charge in [-0.05, 0) is 34.0 Å². The molecular formula is C28H28N8O. The first kappa shape index (κ1) is 24.2. The van der Waals surface area contributed by atoms with E-state index in [1.807, 2.05) is 77.6 Å².